The Morgan fingerprint density at radius 1 is 1.38 bits per heavy atom. The van der Waals surface area contributed by atoms with Gasteiger partial charge in [-0.1, -0.05) is 11.6 Å². The van der Waals surface area contributed by atoms with Crippen LogP contribution in [0.25, 0.3) is 0 Å². The van der Waals surface area contributed by atoms with Crippen molar-refractivity contribution in [2.45, 2.75) is 12.5 Å². The van der Waals surface area contributed by atoms with Gasteiger partial charge in [0.2, 0.25) is 0 Å². The maximum absolute atomic E-state index is 10.7. The molecule has 94 valence electrons. The molecule has 0 spiro atoms. The average Bonchev–Trinajstić information content (AvgIpc) is 2.14. The third-order valence-electron chi connectivity index (χ3n) is 1.13. The van der Waals surface area contributed by atoms with Gasteiger partial charge in [0, 0.05) is 0 Å². The van der Waals surface area contributed by atoms with Crippen LogP contribution in [0, 0.1) is 10.1 Å². The minimum absolute atomic E-state index is 0.0269. The highest BCUT2D eigenvalue weighted by Gasteiger charge is 2.06. The van der Waals surface area contributed by atoms with E-state index in [0.29, 0.717) is 0 Å². The molecule has 0 rings (SSSR count). The molecule has 0 aliphatic carbocycles. The van der Waals surface area contributed by atoms with Crippen molar-refractivity contribution >= 4 is 17.8 Å². The van der Waals surface area contributed by atoms with Crippen molar-refractivity contribution in [2.75, 3.05) is 26.4 Å². The van der Waals surface area contributed by atoms with Gasteiger partial charge >= 0.3 is 6.16 Å². The first-order chi connectivity index (χ1) is 7.52. The number of nitrogens with zero attached hydrogens (tertiary/aromatic N) is 1. The van der Waals surface area contributed by atoms with E-state index in [0.717, 1.165) is 0 Å². The molecule has 0 aromatic carbocycles. The number of hydrogen-bond acceptors (Lipinski definition) is 7. The van der Waals surface area contributed by atoms with Crippen LogP contribution in [0.5, 0.6) is 0 Å². The van der Waals surface area contributed by atoms with Gasteiger partial charge in [-0.15, -0.1) is 10.1 Å². The Labute approximate surface area is 96.5 Å². The summed E-state index contributed by atoms with van der Waals surface area (Å²) in [5.41, 5.74) is -0.762. The summed E-state index contributed by atoms with van der Waals surface area (Å²) in [5.74, 6) is 0. The van der Waals surface area contributed by atoms with Gasteiger partial charge in [-0.3, -0.25) is 0 Å². The minimum atomic E-state index is -0.918. The Morgan fingerprint density at radius 3 is 2.56 bits per heavy atom. The second-order valence-electron chi connectivity index (χ2n) is 2.43. The van der Waals surface area contributed by atoms with Gasteiger partial charge in [0.1, 0.15) is 13.2 Å². The van der Waals surface area contributed by atoms with Gasteiger partial charge in [0.05, 0.1) is 13.2 Å². The molecule has 0 N–H and O–H groups in total. The topological polar surface area (TPSA) is 97.1 Å². The van der Waals surface area contributed by atoms with Crippen molar-refractivity contribution in [3.05, 3.63) is 10.1 Å². The number of alkyl halides is 1. The van der Waals surface area contributed by atoms with E-state index in [1.54, 1.807) is 0 Å². The molecular weight excluding hydrogens is 246 g/mol. The molecule has 0 aliphatic heterocycles. The standard InChI is InChI=1S/C7H12ClNO7/c1-6(8)16-7(10)14-4-2-13-3-5-15-9(11)12/h6H,2-5H2,1H3. The summed E-state index contributed by atoms with van der Waals surface area (Å²) in [4.78, 5) is 24.4. The summed E-state index contributed by atoms with van der Waals surface area (Å²) >= 11 is 5.35. The lowest BCUT2D eigenvalue weighted by atomic mass is 10.7. The molecule has 1 atom stereocenters. The highest BCUT2D eigenvalue weighted by atomic mass is 35.5. The van der Waals surface area contributed by atoms with E-state index in [4.69, 9.17) is 16.3 Å². The highest BCUT2D eigenvalue weighted by Crippen LogP contribution is 1.97. The van der Waals surface area contributed by atoms with Gasteiger partial charge in [0.25, 0.3) is 5.09 Å². The summed E-state index contributed by atoms with van der Waals surface area (Å²) in [6.07, 6.45) is -0.896. The molecule has 0 saturated carbocycles. The van der Waals surface area contributed by atoms with Crippen LogP contribution in [-0.2, 0) is 19.0 Å². The van der Waals surface area contributed by atoms with E-state index in [1.165, 1.54) is 6.92 Å². The molecule has 0 aromatic rings. The molecule has 0 fully saturated rings. The molecule has 0 heterocycles. The molecular formula is C7H12ClNO7. The quantitative estimate of drug-likeness (QED) is 0.210. The fraction of sp³-hybridized carbons (Fsp3) is 0.857. The zero-order valence-corrected chi connectivity index (χ0v) is 9.34. The second kappa shape index (κ2) is 8.98. The van der Waals surface area contributed by atoms with Crippen LogP contribution in [-0.4, -0.2) is 43.2 Å². The number of halogens is 1. The molecule has 0 radical (unpaired) electrons. The number of rotatable bonds is 8. The minimum Gasteiger partial charge on any atom is -0.432 e. The molecule has 0 bridgehead atoms. The molecule has 16 heavy (non-hydrogen) atoms. The summed E-state index contributed by atoms with van der Waals surface area (Å²) in [6, 6.07) is 0. The lowest BCUT2D eigenvalue weighted by Crippen LogP contribution is -2.16. The van der Waals surface area contributed by atoms with E-state index in [-0.39, 0.29) is 26.4 Å². The predicted molar refractivity (Wildman–Crippen MR) is 51.5 cm³/mol. The van der Waals surface area contributed by atoms with Crippen molar-refractivity contribution in [1.29, 1.82) is 0 Å². The van der Waals surface area contributed by atoms with Crippen LogP contribution in [0.4, 0.5) is 4.79 Å². The SMILES string of the molecule is CC(Cl)OC(=O)OCCOCCO[N+](=O)[O-]. The van der Waals surface area contributed by atoms with Crippen molar-refractivity contribution in [3.63, 3.8) is 0 Å². The molecule has 8 nitrogen and oxygen atoms in total. The Hall–Kier alpha value is -1.28. The molecule has 0 saturated heterocycles. The summed E-state index contributed by atoms with van der Waals surface area (Å²) in [5, 5.41) is 8.79. The van der Waals surface area contributed by atoms with Crippen molar-refractivity contribution < 1.29 is 28.9 Å². The van der Waals surface area contributed by atoms with Gasteiger partial charge in [0.15, 0.2) is 5.56 Å². The highest BCUT2D eigenvalue weighted by molar-refractivity contribution is 6.19. The van der Waals surface area contributed by atoms with Gasteiger partial charge in [-0.05, 0) is 6.92 Å². The number of ether oxygens (including phenoxy) is 3. The predicted octanol–water partition coefficient (Wildman–Crippen LogP) is 0.949. The monoisotopic (exact) mass is 257 g/mol. The summed E-state index contributed by atoms with van der Waals surface area (Å²) < 4.78 is 13.8. The first kappa shape index (κ1) is 14.7. The first-order valence-corrected chi connectivity index (χ1v) is 4.78. The molecule has 0 amide bonds. The lowest BCUT2D eigenvalue weighted by molar-refractivity contribution is -0.758. The van der Waals surface area contributed by atoms with Crippen LogP contribution in [0.15, 0.2) is 0 Å². The second-order valence-corrected chi connectivity index (χ2v) is 3.04. The van der Waals surface area contributed by atoms with Gasteiger partial charge in [-0.2, -0.15) is 0 Å². The summed E-state index contributed by atoms with van der Waals surface area (Å²) in [6.45, 7) is 1.39. The van der Waals surface area contributed by atoms with Crippen LogP contribution < -0.4 is 0 Å². The van der Waals surface area contributed by atoms with E-state index >= 15 is 0 Å². The van der Waals surface area contributed by atoms with Gasteiger partial charge in [-0.25, -0.2) is 4.79 Å². The Morgan fingerprint density at radius 2 is 2.00 bits per heavy atom. The maximum Gasteiger partial charge on any atom is 0.509 e. The largest absolute Gasteiger partial charge is 0.509 e. The van der Waals surface area contributed by atoms with Crippen molar-refractivity contribution in [2.24, 2.45) is 0 Å². The third kappa shape index (κ3) is 10.8. The van der Waals surface area contributed by atoms with E-state index in [1.807, 2.05) is 0 Å². The smallest absolute Gasteiger partial charge is 0.432 e. The van der Waals surface area contributed by atoms with Crippen LogP contribution in [0.3, 0.4) is 0 Å². The van der Waals surface area contributed by atoms with E-state index in [2.05, 4.69) is 14.3 Å². The molecule has 0 aromatic heterocycles. The number of hydrogen-bond donors (Lipinski definition) is 0. The molecule has 1 unspecified atom stereocenters. The Bertz CT molecular complexity index is 223. The van der Waals surface area contributed by atoms with E-state index in [9.17, 15) is 14.9 Å². The van der Waals surface area contributed by atoms with Crippen molar-refractivity contribution in [3.8, 4) is 0 Å². The van der Waals surface area contributed by atoms with Gasteiger partial charge < -0.3 is 19.0 Å². The van der Waals surface area contributed by atoms with Crippen LogP contribution in [0.2, 0.25) is 0 Å². The number of carbonyl (C=O) groups is 1. The fourth-order valence-corrected chi connectivity index (χ4v) is 0.696. The fourth-order valence-electron chi connectivity index (χ4n) is 0.623. The number of carbonyl (C=O) groups excluding carboxylic acids is 1. The average molecular weight is 258 g/mol. The van der Waals surface area contributed by atoms with Crippen LogP contribution >= 0.6 is 11.6 Å². The molecule has 0 aliphatic rings. The molecule has 9 heteroatoms. The Kier molecular flexibility index (Phi) is 8.26. The zero-order valence-electron chi connectivity index (χ0n) is 8.59. The van der Waals surface area contributed by atoms with Crippen LogP contribution in [0.1, 0.15) is 6.92 Å². The first-order valence-electron chi connectivity index (χ1n) is 4.35. The lowest BCUT2D eigenvalue weighted by Gasteiger charge is -2.07. The van der Waals surface area contributed by atoms with Crippen molar-refractivity contribution in [1.82, 2.24) is 0 Å². The normalized spacial score (nSPS) is 11.6. The third-order valence-corrected chi connectivity index (χ3v) is 1.22. The van der Waals surface area contributed by atoms with E-state index < -0.39 is 16.8 Å². The zero-order chi connectivity index (χ0) is 12.4. The maximum atomic E-state index is 10.7. The Balaban J connectivity index is 3.20. The summed E-state index contributed by atoms with van der Waals surface area (Å²) in [7, 11) is 0.